The van der Waals surface area contributed by atoms with E-state index < -0.39 is 11.5 Å². The van der Waals surface area contributed by atoms with Crippen LogP contribution in [0.2, 0.25) is 0 Å². The summed E-state index contributed by atoms with van der Waals surface area (Å²) in [5.74, 6) is -0.610. The summed E-state index contributed by atoms with van der Waals surface area (Å²) in [7, 11) is 1.63. The van der Waals surface area contributed by atoms with E-state index in [2.05, 4.69) is 0 Å². The van der Waals surface area contributed by atoms with Crippen molar-refractivity contribution in [2.45, 2.75) is 26.3 Å². The Hall–Kier alpha value is -2.36. The van der Waals surface area contributed by atoms with E-state index in [4.69, 9.17) is 4.74 Å². The third-order valence-electron chi connectivity index (χ3n) is 3.94. The van der Waals surface area contributed by atoms with Crippen LogP contribution in [-0.4, -0.2) is 36.0 Å². The summed E-state index contributed by atoms with van der Waals surface area (Å²) in [6, 6.07) is 13.3. The van der Waals surface area contributed by atoms with Crippen molar-refractivity contribution >= 4 is 22.6 Å². The molecule has 0 spiro atoms. The van der Waals surface area contributed by atoms with Crippen molar-refractivity contribution in [3.63, 3.8) is 0 Å². The van der Waals surface area contributed by atoms with Gasteiger partial charge in [0.1, 0.15) is 5.54 Å². The van der Waals surface area contributed by atoms with Crippen molar-refractivity contribution < 1.29 is 14.3 Å². The lowest BCUT2D eigenvalue weighted by atomic mass is 9.99. The molecule has 0 N–H and O–H groups in total. The lowest BCUT2D eigenvalue weighted by Gasteiger charge is -2.33. The van der Waals surface area contributed by atoms with Crippen molar-refractivity contribution in [3.8, 4) is 0 Å². The van der Waals surface area contributed by atoms with Gasteiger partial charge in [-0.05, 0) is 37.6 Å². The van der Waals surface area contributed by atoms with E-state index in [9.17, 15) is 9.59 Å². The van der Waals surface area contributed by atoms with Crippen molar-refractivity contribution in [2.24, 2.45) is 0 Å². The van der Waals surface area contributed by atoms with Gasteiger partial charge in [0.25, 0.3) is 5.91 Å². The molecule has 0 aromatic heterocycles. The minimum absolute atomic E-state index is 0.199. The molecule has 0 radical (unpaired) electrons. The molecule has 0 atom stereocenters. The fraction of sp³-hybridized carbons (Fsp3) is 0.333. The van der Waals surface area contributed by atoms with Crippen molar-refractivity contribution in [3.05, 3.63) is 48.0 Å². The predicted octanol–water partition coefficient (Wildman–Crippen LogP) is 3.25. The molecule has 0 heterocycles. The molecule has 2 aromatic carbocycles. The van der Waals surface area contributed by atoms with E-state index in [1.54, 1.807) is 33.9 Å². The largest absolute Gasteiger partial charge is 0.464 e. The Morgan fingerprint density at radius 2 is 1.73 bits per heavy atom. The topological polar surface area (TPSA) is 46.6 Å². The molecule has 1 amide bonds. The van der Waals surface area contributed by atoms with Gasteiger partial charge in [0.15, 0.2) is 0 Å². The van der Waals surface area contributed by atoms with Gasteiger partial charge in [-0.15, -0.1) is 0 Å². The molecule has 0 aliphatic carbocycles. The minimum Gasteiger partial charge on any atom is -0.464 e. The zero-order valence-electron chi connectivity index (χ0n) is 13.4. The highest BCUT2D eigenvalue weighted by molar-refractivity contribution is 6.08. The first-order chi connectivity index (χ1) is 10.4. The van der Waals surface area contributed by atoms with Crippen LogP contribution in [0.5, 0.6) is 0 Å². The van der Waals surface area contributed by atoms with Crippen LogP contribution in [0.25, 0.3) is 10.8 Å². The Kier molecular flexibility index (Phi) is 4.50. The number of esters is 1. The molecule has 116 valence electrons. The van der Waals surface area contributed by atoms with Crippen LogP contribution in [-0.2, 0) is 9.53 Å². The Bertz CT molecular complexity index is 701. The SMILES string of the molecule is CCOC(=O)C(C)(C)N(C)C(=O)c1cccc2ccccc12. The molecule has 2 rings (SSSR count). The van der Waals surface area contributed by atoms with Crippen LogP contribution in [0.4, 0.5) is 0 Å². The predicted molar refractivity (Wildman–Crippen MR) is 86.8 cm³/mol. The fourth-order valence-electron chi connectivity index (χ4n) is 2.29. The molecule has 4 heteroatoms. The number of benzene rings is 2. The standard InChI is InChI=1S/C18H21NO3/c1-5-22-17(21)18(2,3)19(4)16(20)15-12-8-10-13-9-6-7-11-14(13)15/h6-12H,5H2,1-4H3. The Balaban J connectivity index is 2.40. The van der Waals surface area contributed by atoms with E-state index >= 15 is 0 Å². The minimum atomic E-state index is -1.02. The highest BCUT2D eigenvalue weighted by Gasteiger charge is 2.37. The van der Waals surface area contributed by atoms with Crippen LogP contribution >= 0.6 is 0 Å². The van der Waals surface area contributed by atoms with E-state index in [1.165, 1.54) is 4.90 Å². The van der Waals surface area contributed by atoms with Gasteiger partial charge < -0.3 is 9.64 Å². The van der Waals surface area contributed by atoms with Gasteiger partial charge in [0.2, 0.25) is 0 Å². The highest BCUT2D eigenvalue weighted by atomic mass is 16.5. The number of likely N-dealkylation sites (N-methyl/N-ethyl adjacent to an activating group) is 1. The normalized spacial score (nSPS) is 11.3. The summed E-state index contributed by atoms with van der Waals surface area (Å²) in [5.41, 5.74) is -0.442. The van der Waals surface area contributed by atoms with Crippen LogP contribution in [0.1, 0.15) is 31.1 Å². The Morgan fingerprint density at radius 3 is 2.41 bits per heavy atom. The van der Waals surface area contributed by atoms with E-state index in [0.29, 0.717) is 12.2 Å². The first-order valence-electron chi connectivity index (χ1n) is 7.32. The van der Waals surface area contributed by atoms with Gasteiger partial charge in [0.05, 0.1) is 6.61 Å². The maximum absolute atomic E-state index is 12.8. The van der Waals surface area contributed by atoms with E-state index in [-0.39, 0.29) is 5.91 Å². The second-order valence-electron chi connectivity index (χ2n) is 5.67. The molecular formula is C18H21NO3. The third kappa shape index (κ3) is 2.82. The molecule has 0 saturated heterocycles. The number of ether oxygens (including phenoxy) is 1. The van der Waals surface area contributed by atoms with Crippen molar-refractivity contribution in [1.82, 2.24) is 4.90 Å². The van der Waals surface area contributed by atoms with E-state index in [0.717, 1.165) is 10.8 Å². The number of fused-ring (bicyclic) bond motifs is 1. The summed E-state index contributed by atoms with van der Waals surface area (Å²) < 4.78 is 5.07. The molecule has 0 aliphatic heterocycles. The second-order valence-corrected chi connectivity index (χ2v) is 5.67. The summed E-state index contributed by atoms with van der Waals surface area (Å²) in [6.45, 7) is 5.42. The summed E-state index contributed by atoms with van der Waals surface area (Å²) in [6.07, 6.45) is 0. The molecule has 4 nitrogen and oxygen atoms in total. The van der Waals surface area contributed by atoms with Crippen LogP contribution in [0.3, 0.4) is 0 Å². The molecule has 2 aromatic rings. The van der Waals surface area contributed by atoms with Gasteiger partial charge in [0, 0.05) is 12.6 Å². The molecule has 0 fully saturated rings. The van der Waals surface area contributed by atoms with Crippen LogP contribution in [0, 0.1) is 0 Å². The van der Waals surface area contributed by atoms with Gasteiger partial charge in [-0.2, -0.15) is 0 Å². The second kappa shape index (κ2) is 6.18. The number of carbonyl (C=O) groups excluding carboxylic acids is 2. The zero-order valence-corrected chi connectivity index (χ0v) is 13.4. The Labute approximate surface area is 130 Å². The maximum atomic E-state index is 12.8. The average Bonchev–Trinajstić information content (AvgIpc) is 2.53. The van der Waals surface area contributed by atoms with Gasteiger partial charge in [-0.3, -0.25) is 4.79 Å². The number of hydrogen-bond donors (Lipinski definition) is 0. The molecule has 0 saturated carbocycles. The zero-order chi connectivity index (χ0) is 16.3. The number of nitrogens with zero attached hydrogens (tertiary/aromatic N) is 1. The smallest absolute Gasteiger partial charge is 0.331 e. The Morgan fingerprint density at radius 1 is 1.09 bits per heavy atom. The molecule has 22 heavy (non-hydrogen) atoms. The number of hydrogen-bond acceptors (Lipinski definition) is 3. The molecular weight excluding hydrogens is 278 g/mol. The summed E-state index contributed by atoms with van der Waals surface area (Å²) in [5, 5.41) is 1.87. The molecule has 0 aliphatic rings. The molecule has 0 bridgehead atoms. The first-order valence-corrected chi connectivity index (χ1v) is 7.32. The number of amides is 1. The quantitative estimate of drug-likeness (QED) is 0.814. The average molecular weight is 299 g/mol. The lowest BCUT2D eigenvalue weighted by molar-refractivity contribution is -0.153. The third-order valence-corrected chi connectivity index (χ3v) is 3.94. The number of rotatable bonds is 4. The number of carbonyl (C=O) groups is 2. The maximum Gasteiger partial charge on any atom is 0.331 e. The summed E-state index contributed by atoms with van der Waals surface area (Å²) >= 11 is 0. The van der Waals surface area contributed by atoms with Crippen LogP contribution < -0.4 is 0 Å². The van der Waals surface area contributed by atoms with Gasteiger partial charge in [-0.1, -0.05) is 36.4 Å². The molecule has 0 unspecified atom stereocenters. The lowest BCUT2D eigenvalue weighted by Crippen LogP contribution is -2.51. The monoisotopic (exact) mass is 299 g/mol. The first kappa shape index (κ1) is 16.0. The van der Waals surface area contributed by atoms with Gasteiger partial charge >= 0.3 is 5.97 Å². The summed E-state index contributed by atoms with van der Waals surface area (Å²) in [4.78, 5) is 26.4. The fourth-order valence-corrected chi connectivity index (χ4v) is 2.29. The van der Waals surface area contributed by atoms with Crippen LogP contribution in [0.15, 0.2) is 42.5 Å². The van der Waals surface area contributed by atoms with E-state index in [1.807, 2.05) is 36.4 Å². The van der Waals surface area contributed by atoms with Crippen molar-refractivity contribution in [2.75, 3.05) is 13.7 Å². The highest BCUT2D eigenvalue weighted by Crippen LogP contribution is 2.23. The van der Waals surface area contributed by atoms with Gasteiger partial charge in [-0.25, -0.2) is 4.79 Å². The van der Waals surface area contributed by atoms with Crippen molar-refractivity contribution in [1.29, 1.82) is 0 Å².